The van der Waals surface area contributed by atoms with Crippen molar-refractivity contribution in [2.45, 2.75) is 12.5 Å². The molecule has 0 aliphatic carbocycles. The zero-order chi connectivity index (χ0) is 13.9. The Morgan fingerprint density at radius 1 is 1.11 bits per heavy atom. The fourth-order valence-electron chi connectivity index (χ4n) is 2.19. The molecule has 2 aromatic rings. The Balaban J connectivity index is 2.67. The average molecular weight is 272 g/mol. The topological polar surface area (TPSA) is 44.0 Å². The number of rotatable bonds is 3. The highest BCUT2D eigenvalue weighted by Crippen LogP contribution is 2.39. The van der Waals surface area contributed by atoms with Crippen molar-refractivity contribution in [3.8, 4) is 6.07 Å². The van der Waals surface area contributed by atoms with Crippen molar-refractivity contribution >= 4 is 11.6 Å². The van der Waals surface area contributed by atoms with E-state index < -0.39 is 11.5 Å². The second-order valence-corrected chi connectivity index (χ2v) is 4.87. The van der Waals surface area contributed by atoms with Gasteiger partial charge in [0.05, 0.1) is 12.0 Å². The predicted molar refractivity (Wildman–Crippen MR) is 75.7 cm³/mol. The van der Waals surface area contributed by atoms with Crippen LogP contribution in [-0.2, 0) is 5.60 Å². The van der Waals surface area contributed by atoms with Gasteiger partial charge in [0.15, 0.2) is 0 Å². The Kier molecular flexibility index (Phi) is 3.90. The minimum absolute atomic E-state index is 0.455. The third kappa shape index (κ3) is 2.35. The summed E-state index contributed by atoms with van der Waals surface area (Å²) in [5.74, 6) is -0.616. The summed E-state index contributed by atoms with van der Waals surface area (Å²) in [5, 5.41) is 20.8. The third-order valence-electron chi connectivity index (χ3n) is 3.32. The summed E-state index contributed by atoms with van der Waals surface area (Å²) in [6.45, 7) is 1.69. The number of nitriles is 1. The van der Waals surface area contributed by atoms with Crippen molar-refractivity contribution in [3.63, 3.8) is 0 Å². The molecule has 0 saturated heterocycles. The van der Waals surface area contributed by atoms with E-state index in [1.54, 1.807) is 43.3 Å². The average Bonchev–Trinajstić information content (AvgIpc) is 2.47. The van der Waals surface area contributed by atoms with Crippen LogP contribution in [0, 0.1) is 17.2 Å². The third-order valence-corrected chi connectivity index (χ3v) is 3.65. The lowest BCUT2D eigenvalue weighted by Gasteiger charge is -2.32. The number of halogens is 1. The van der Waals surface area contributed by atoms with Gasteiger partial charge in [-0.3, -0.25) is 0 Å². The Morgan fingerprint density at radius 2 is 1.68 bits per heavy atom. The van der Waals surface area contributed by atoms with Crippen molar-refractivity contribution < 1.29 is 5.11 Å². The number of aliphatic hydroxyl groups is 1. The molecule has 2 rings (SSSR count). The van der Waals surface area contributed by atoms with Crippen LogP contribution in [0.5, 0.6) is 0 Å². The molecular weight excluding hydrogens is 258 g/mol. The molecule has 0 radical (unpaired) electrons. The van der Waals surface area contributed by atoms with Crippen molar-refractivity contribution in [1.29, 1.82) is 5.26 Å². The molecule has 0 amide bonds. The summed E-state index contributed by atoms with van der Waals surface area (Å²) in [5.41, 5.74) is -0.192. The van der Waals surface area contributed by atoms with Crippen LogP contribution in [0.15, 0.2) is 54.6 Å². The lowest BCUT2D eigenvalue weighted by atomic mass is 9.77. The van der Waals surface area contributed by atoms with Crippen molar-refractivity contribution in [1.82, 2.24) is 0 Å². The van der Waals surface area contributed by atoms with Crippen LogP contribution in [0.2, 0.25) is 5.02 Å². The van der Waals surface area contributed by atoms with E-state index in [0.29, 0.717) is 16.1 Å². The Morgan fingerprint density at radius 3 is 2.26 bits per heavy atom. The predicted octanol–water partition coefficient (Wildman–Crippen LogP) is 3.74. The maximum Gasteiger partial charge on any atom is 0.131 e. The maximum absolute atomic E-state index is 11.1. The van der Waals surface area contributed by atoms with E-state index in [9.17, 15) is 10.4 Å². The largest absolute Gasteiger partial charge is 0.379 e. The summed E-state index contributed by atoms with van der Waals surface area (Å²) >= 11 is 6.19. The maximum atomic E-state index is 11.1. The lowest BCUT2D eigenvalue weighted by Crippen LogP contribution is -2.34. The van der Waals surface area contributed by atoms with Gasteiger partial charge < -0.3 is 5.11 Å². The van der Waals surface area contributed by atoms with Gasteiger partial charge in [-0.2, -0.15) is 5.26 Å². The van der Waals surface area contributed by atoms with Crippen LogP contribution < -0.4 is 0 Å². The van der Waals surface area contributed by atoms with Crippen LogP contribution in [0.3, 0.4) is 0 Å². The summed E-state index contributed by atoms with van der Waals surface area (Å²) in [4.78, 5) is 0. The van der Waals surface area contributed by atoms with Gasteiger partial charge in [0.1, 0.15) is 5.60 Å². The van der Waals surface area contributed by atoms with Gasteiger partial charge in [0.25, 0.3) is 0 Å². The number of hydrogen-bond acceptors (Lipinski definition) is 2. The Labute approximate surface area is 117 Å². The monoisotopic (exact) mass is 271 g/mol. The minimum atomic E-state index is -1.41. The van der Waals surface area contributed by atoms with Crippen molar-refractivity contribution in [2.75, 3.05) is 0 Å². The molecule has 2 aromatic carbocycles. The van der Waals surface area contributed by atoms with Gasteiger partial charge in [-0.05, 0) is 18.6 Å². The van der Waals surface area contributed by atoms with E-state index in [1.807, 2.05) is 18.2 Å². The normalized spacial score (nSPS) is 15.3. The molecule has 0 aliphatic heterocycles. The zero-order valence-electron chi connectivity index (χ0n) is 10.5. The van der Waals surface area contributed by atoms with Gasteiger partial charge in [0, 0.05) is 10.6 Å². The molecule has 0 aliphatic rings. The first-order valence-electron chi connectivity index (χ1n) is 6.03. The standard InChI is InChI=1S/C16H14ClNO/c1-12(11-18)16(19,13-7-3-2-4-8-13)14-9-5-6-10-15(14)17/h2-10,12,19H,1H3. The van der Waals surface area contributed by atoms with Crippen LogP contribution in [-0.4, -0.2) is 5.11 Å². The lowest BCUT2D eigenvalue weighted by molar-refractivity contribution is 0.0464. The first kappa shape index (κ1) is 13.6. The van der Waals surface area contributed by atoms with E-state index in [-0.39, 0.29) is 0 Å². The van der Waals surface area contributed by atoms with Crippen LogP contribution >= 0.6 is 11.6 Å². The van der Waals surface area contributed by atoms with Crippen LogP contribution in [0.4, 0.5) is 0 Å². The van der Waals surface area contributed by atoms with E-state index in [4.69, 9.17) is 11.6 Å². The highest BCUT2D eigenvalue weighted by atomic mass is 35.5. The van der Waals surface area contributed by atoms with Crippen molar-refractivity contribution in [3.05, 3.63) is 70.7 Å². The van der Waals surface area contributed by atoms with Gasteiger partial charge in [-0.25, -0.2) is 0 Å². The van der Waals surface area contributed by atoms with Crippen LogP contribution in [0.1, 0.15) is 18.1 Å². The molecule has 2 atom stereocenters. The van der Waals surface area contributed by atoms with Crippen LogP contribution in [0.25, 0.3) is 0 Å². The second-order valence-electron chi connectivity index (χ2n) is 4.46. The molecule has 1 N–H and O–H groups in total. The highest BCUT2D eigenvalue weighted by Gasteiger charge is 2.39. The Hall–Kier alpha value is -1.82. The summed E-state index contributed by atoms with van der Waals surface area (Å²) in [6.07, 6.45) is 0. The Bertz CT molecular complexity index is 606. The van der Waals surface area contributed by atoms with E-state index >= 15 is 0 Å². The van der Waals surface area contributed by atoms with E-state index in [1.165, 1.54) is 0 Å². The first-order valence-corrected chi connectivity index (χ1v) is 6.41. The SMILES string of the molecule is CC(C#N)C(O)(c1ccccc1)c1ccccc1Cl. The highest BCUT2D eigenvalue weighted by molar-refractivity contribution is 6.31. The molecule has 0 spiro atoms. The fourth-order valence-corrected chi connectivity index (χ4v) is 2.47. The molecule has 0 bridgehead atoms. The molecule has 3 heteroatoms. The van der Waals surface area contributed by atoms with Gasteiger partial charge in [-0.15, -0.1) is 0 Å². The molecule has 2 unspecified atom stereocenters. The molecule has 0 fully saturated rings. The van der Waals surface area contributed by atoms with Gasteiger partial charge >= 0.3 is 0 Å². The molecule has 19 heavy (non-hydrogen) atoms. The van der Waals surface area contributed by atoms with E-state index in [2.05, 4.69) is 6.07 Å². The molecule has 0 heterocycles. The van der Waals surface area contributed by atoms with Gasteiger partial charge in [-0.1, -0.05) is 60.1 Å². The fraction of sp³-hybridized carbons (Fsp3) is 0.188. The molecular formula is C16H14ClNO. The minimum Gasteiger partial charge on any atom is -0.379 e. The van der Waals surface area contributed by atoms with Crippen molar-refractivity contribution in [2.24, 2.45) is 5.92 Å². The number of hydrogen-bond donors (Lipinski definition) is 1. The summed E-state index contributed by atoms with van der Waals surface area (Å²) < 4.78 is 0. The van der Waals surface area contributed by atoms with Gasteiger partial charge in [0.2, 0.25) is 0 Å². The number of benzene rings is 2. The molecule has 96 valence electrons. The second kappa shape index (κ2) is 5.44. The zero-order valence-corrected chi connectivity index (χ0v) is 11.3. The van der Waals surface area contributed by atoms with E-state index in [0.717, 1.165) is 0 Å². The molecule has 0 aromatic heterocycles. The summed E-state index contributed by atoms with van der Waals surface area (Å²) in [7, 11) is 0. The summed E-state index contributed by atoms with van der Waals surface area (Å²) in [6, 6.07) is 18.3. The molecule has 0 saturated carbocycles. The first-order chi connectivity index (χ1) is 9.10. The molecule has 2 nitrogen and oxygen atoms in total. The number of nitrogens with zero attached hydrogens (tertiary/aromatic N) is 1. The smallest absolute Gasteiger partial charge is 0.131 e. The quantitative estimate of drug-likeness (QED) is 0.924.